The van der Waals surface area contributed by atoms with Crippen molar-refractivity contribution in [3.63, 3.8) is 0 Å². The van der Waals surface area contributed by atoms with Crippen molar-refractivity contribution in [2.24, 2.45) is 0 Å². The predicted octanol–water partition coefficient (Wildman–Crippen LogP) is 4.87. The van der Waals surface area contributed by atoms with Crippen molar-refractivity contribution in [3.05, 3.63) is 65.8 Å². The maximum Gasteiger partial charge on any atom is 0.348 e. The second-order valence-corrected chi connectivity index (χ2v) is 7.17. The van der Waals surface area contributed by atoms with Gasteiger partial charge in [-0.3, -0.25) is 0 Å². The van der Waals surface area contributed by atoms with Crippen molar-refractivity contribution in [2.75, 3.05) is 10.2 Å². The number of rotatable bonds is 4. The molecule has 0 atom stereocenters. The minimum atomic E-state index is -1.12. The first-order valence-corrected chi connectivity index (χ1v) is 9.38. The van der Waals surface area contributed by atoms with E-state index < -0.39 is 12.0 Å². The van der Waals surface area contributed by atoms with Gasteiger partial charge >= 0.3 is 12.0 Å². The molecule has 2 N–H and O–H groups in total. The summed E-state index contributed by atoms with van der Waals surface area (Å²) in [6.45, 7) is 0. The fourth-order valence-electron chi connectivity index (χ4n) is 3.17. The number of aromatic carboxylic acids is 1. The van der Waals surface area contributed by atoms with Crippen LogP contribution in [0.15, 0.2) is 60.9 Å². The van der Waals surface area contributed by atoms with E-state index >= 15 is 0 Å². The molecule has 3 heterocycles. The summed E-state index contributed by atoms with van der Waals surface area (Å²) in [5.74, 6) is 0.424. The lowest BCUT2D eigenvalue weighted by Crippen LogP contribution is -2.34. The van der Waals surface area contributed by atoms with Crippen LogP contribution in [0.3, 0.4) is 0 Å². The van der Waals surface area contributed by atoms with Crippen LogP contribution >= 0.6 is 11.3 Å². The van der Waals surface area contributed by atoms with Gasteiger partial charge < -0.3 is 15.2 Å². The van der Waals surface area contributed by atoms with Gasteiger partial charge in [-0.15, -0.1) is 11.3 Å². The summed E-state index contributed by atoms with van der Waals surface area (Å²) in [6.07, 6.45) is 1.32. The monoisotopic (exact) mass is 404 g/mol. The molecular weight excluding hydrogens is 392 g/mol. The first-order chi connectivity index (χ1) is 14.1. The molecule has 2 aromatic carbocycles. The van der Waals surface area contributed by atoms with Crippen LogP contribution in [-0.4, -0.2) is 27.1 Å². The van der Waals surface area contributed by atoms with Crippen molar-refractivity contribution in [3.8, 4) is 11.5 Å². The van der Waals surface area contributed by atoms with Gasteiger partial charge in [0.1, 0.15) is 27.5 Å². The molecular formula is C20H12N4O4S. The van der Waals surface area contributed by atoms with E-state index in [1.54, 1.807) is 24.3 Å². The van der Waals surface area contributed by atoms with Crippen LogP contribution in [0.5, 0.6) is 11.5 Å². The Morgan fingerprint density at radius 3 is 2.66 bits per heavy atom. The number of nitrogens with one attached hydrogen (secondary N) is 1. The molecule has 2 amide bonds. The van der Waals surface area contributed by atoms with Crippen molar-refractivity contribution in [2.45, 2.75) is 0 Å². The number of hydrogen-bond donors (Lipinski definition) is 2. The number of ether oxygens (including phenoxy) is 1. The second kappa shape index (κ2) is 6.57. The maximum atomic E-state index is 12.9. The highest BCUT2D eigenvalue weighted by Crippen LogP contribution is 2.44. The molecule has 0 bridgehead atoms. The summed E-state index contributed by atoms with van der Waals surface area (Å²) in [5, 5.41) is 12.6. The Balaban J connectivity index is 1.61. The van der Waals surface area contributed by atoms with E-state index in [1.807, 2.05) is 30.3 Å². The molecule has 0 spiro atoms. The summed E-state index contributed by atoms with van der Waals surface area (Å²) < 4.78 is 5.86. The third-order valence-corrected chi connectivity index (χ3v) is 5.45. The molecule has 0 fully saturated rings. The zero-order valence-corrected chi connectivity index (χ0v) is 15.5. The number of nitrogens with zero attached hydrogens (tertiary/aromatic N) is 3. The molecule has 0 saturated heterocycles. The van der Waals surface area contributed by atoms with E-state index in [4.69, 9.17) is 4.74 Å². The molecule has 5 rings (SSSR count). The summed E-state index contributed by atoms with van der Waals surface area (Å²) in [7, 11) is 0. The molecule has 9 heteroatoms. The zero-order chi connectivity index (χ0) is 20.0. The van der Waals surface area contributed by atoms with Crippen LogP contribution in [0.1, 0.15) is 9.67 Å². The smallest absolute Gasteiger partial charge is 0.348 e. The van der Waals surface area contributed by atoms with Gasteiger partial charge in [0.05, 0.1) is 16.8 Å². The lowest BCUT2D eigenvalue weighted by Gasteiger charge is -2.27. The minimum Gasteiger partial charge on any atom is -0.477 e. The number of thiophene rings is 1. The van der Waals surface area contributed by atoms with E-state index in [1.165, 1.54) is 11.2 Å². The Bertz CT molecular complexity index is 1270. The quantitative estimate of drug-likeness (QED) is 0.503. The van der Waals surface area contributed by atoms with Crippen LogP contribution in [0.25, 0.3) is 10.2 Å². The number of carboxylic acids is 1. The molecule has 0 saturated carbocycles. The number of urea groups is 1. The average Bonchev–Trinajstić information content (AvgIpc) is 3.09. The van der Waals surface area contributed by atoms with Crippen LogP contribution < -0.4 is 15.0 Å². The number of hydrogen-bond acceptors (Lipinski definition) is 6. The number of carbonyl (C=O) groups excluding carboxylic acids is 1. The van der Waals surface area contributed by atoms with Gasteiger partial charge in [0.25, 0.3) is 0 Å². The van der Waals surface area contributed by atoms with Crippen LogP contribution in [-0.2, 0) is 0 Å². The van der Waals surface area contributed by atoms with Gasteiger partial charge in [0, 0.05) is 6.07 Å². The Morgan fingerprint density at radius 2 is 1.86 bits per heavy atom. The summed E-state index contributed by atoms with van der Waals surface area (Å²) >= 11 is 0.998. The fraction of sp³-hybridized carbons (Fsp3) is 0. The Kier molecular flexibility index (Phi) is 3.88. The first-order valence-electron chi connectivity index (χ1n) is 8.56. The number of carbonyl (C=O) groups is 2. The Morgan fingerprint density at radius 1 is 1.07 bits per heavy atom. The minimum absolute atomic E-state index is 0.0240. The normalized spacial score (nSPS) is 12.7. The molecule has 2 aromatic heterocycles. The molecule has 1 aliphatic heterocycles. The number of carboxylic acid groups (broad SMARTS) is 1. The number of amides is 2. The van der Waals surface area contributed by atoms with E-state index in [0.717, 1.165) is 11.3 Å². The second-order valence-electron chi connectivity index (χ2n) is 6.17. The molecule has 29 heavy (non-hydrogen) atoms. The molecule has 142 valence electrons. The van der Waals surface area contributed by atoms with Crippen molar-refractivity contribution in [1.29, 1.82) is 0 Å². The standard InChI is InChI=1S/C20H12N4O4S/c25-19(26)16-15-14-17(21-10-22-18(14)29-16)24(20(27)23-15)11-5-4-8-13(9-11)28-12-6-2-1-3-7-12/h1-10H,(H,23,27)(H,25,26). The zero-order valence-electron chi connectivity index (χ0n) is 14.7. The van der Waals surface area contributed by atoms with Gasteiger partial charge in [-0.05, 0) is 24.3 Å². The van der Waals surface area contributed by atoms with E-state index in [2.05, 4.69) is 15.3 Å². The number of benzene rings is 2. The lowest BCUT2D eigenvalue weighted by molar-refractivity contribution is 0.0703. The molecule has 0 aliphatic carbocycles. The van der Waals surface area contributed by atoms with Crippen LogP contribution in [0.2, 0.25) is 0 Å². The third-order valence-electron chi connectivity index (χ3n) is 4.36. The number of anilines is 3. The van der Waals surface area contributed by atoms with E-state index in [0.29, 0.717) is 33.2 Å². The molecule has 0 unspecified atom stereocenters. The third kappa shape index (κ3) is 2.84. The van der Waals surface area contributed by atoms with E-state index in [-0.39, 0.29) is 10.6 Å². The van der Waals surface area contributed by atoms with Gasteiger partial charge in [0.2, 0.25) is 0 Å². The van der Waals surface area contributed by atoms with Gasteiger partial charge in [-0.1, -0.05) is 24.3 Å². The van der Waals surface area contributed by atoms with Crippen LogP contribution in [0.4, 0.5) is 22.0 Å². The molecule has 1 aliphatic rings. The SMILES string of the molecule is O=C(O)c1sc2ncnc3c2c1NC(=O)N3c1cccc(Oc2ccccc2)c1. The first kappa shape index (κ1) is 17.1. The molecule has 0 radical (unpaired) electrons. The molecule has 4 aromatic rings. The van der Waals surface area contributed by atoms with Gasteiger partial charge in [-0.2, -0.15) is 0 Å². The average molecular weight is 404 g/mol. The lowest BCUT2D eigenvalue weighted by atomic mass is 10.2. The largest absolute Gasteiger partial charge is 0.477 e. The molecule has 8 nitrogen and oxygen atoms in total. The fourth-order valence-corrected chi connectivity index (χ4v) is 4.10. The van der Waals surface area contributed by atoms with E-state index in [9.17, 15) is 14.7 Å². The van der Waals surface area contributed by atoms with Gasteiger partial charge in [0.15, 0.2) is 5.82 Å². The maximum absolute atomic E-state index is 12.9. The van der Waals surface area contributed by atoms with Crippen molar-refractivity contribution < 1.29 is 19.4 Å². The number of aromatic nitrogens is 2. The Labute approximate surface area is 168 Å². The van der Waals surface area contributed by atoms with Crippen molar-refractivity contribution >= 4 is 50.7 Å². The number of para-hydroxylation sites is 1. The highest BCUT2D eigenvalue weighted by molar-refractivity contribution is 7.21. The summed E-state index contributed by atoms with van der Waals surface area (Å²) in [6, 6.07) is 15.8. The van der Waals surface area contributed by atoms with Crippen LogP contribution in [0, 0.1) is 0 Å². The summed E-state index contributed by atoms with van der Waals surface area (Å²) in [4.78, 5) is 34.7. The topological polar surface area (TPSA) is 105 Å². The summed E-state index contributed by atoms with van der Waals surface area (Å²) in [5.41, 5.74) is 0.760. The Hall–Kier alpha value is -3.98. The predicted molar refractivity (Wildman–Crippen MR) is 108 cm³/mol. The highest BCUT2D eigenvalue weighted by Gasteiger charge is 2.33. The van der Waals surface area contributed by atoms with Gasteiger partial charge in [-0.25, -0.2) is 24.5 Å². The van der Waals surface area contributed by atoms with Crippen molar-refractivity contribution in [1.82, 2.24) is 9.97 Å². The highest BCUT2D eigenvalue weighted by atomic mass is 32.1.